The van der Waals surface area contributed by atoms with Gasteiger partial charge in [-0.1, -0.05) is 12.2 Å². The Balaban J connectivity index is 2.16. The second-order valence-electron chi connectivity index (χ2n) is 3.98. The molecule has 0 saturated carbocycles. The molecule has 0 aromatic heterocycles. The molecule has 0 spiro atoms. The first-order chi connectivity index (χ1) is 7.63. The first-order valence-corrected chi connectivity index (χ1v) is 5.29. The van der Waals surface area contributed by atoms with Crippen molar-refractivity contribution in [3.8, 4) is 0 Å². The molecule has 5 atom stereocenters. The normalized spacial score (nSPS) is 43.5. The summed E-state index contributed by atoms with van der Waals surface area (Å²) in [6, 6.07) is 0. The molecule has 5 nitrogen and oxygen atoms in total. The molecule has 0 aromatic rings. The zero-order chi connectivity index (χ0) is 11.7. The van der Waals surface area contributed by atoms with Crippen molar-refractivity contribution < 1.29 is 24.8 Å². The number of fused-ring (bicyclic) bond motifs is 1. The maximum atomic E-state index is 9.75. The highest BCUT2D eigenvalue weighted by atomic mass is 16.6. The molecular weight excluding hydrogens is 212 g/mol. The Kier molecular flexibility index (Phi) is 3.41. The minimum absolute atomic E-state index is 0.0947. The maximum absolute atomic E-state index is 9.75. The van der Waals surface area contributed by atoms with Crippen molar-refractivity contribution in [3.05, 3.63) is 23.8 Å². The summed E-state index contributed by atoms with van der Waals surface area (Å²) in [6.07, 6.45) is 1.81. The van der Waals surface area contributed by atoms with E-state index in [4.69, 9.17) is 14.6 Å². The number of rotatable bonds is 2. The lowest BCUT2D eigenvalue weighted by Gasteiger charge is -2.29. The monoisotopic (exact) mass is 228 g/mol. The van der Waals surface area contributed by atoms with Gasteiger partial charge in [0, 0.05) is 5.57 Å². The number of hydrogen-bond acceptors (Lipinski definition) is 5. The van der Waals surface area contributed by atoms with Gasteiger partial charge in [0.05, 0.1) is 12.7 Å². The zero-order valence-electron chi connectivity index (χ0n) is 8.98. The van der Waals surface area contributed by atoms with Crippen LogP contribution in [0.2, 0.25) is 0 Å². The first kappa shape index (κ1) is 11.8. The van der Waals surface area contributed by atoms with Crippen molar-refractivity contribution in [2.75, 3.05) is 6.61 Å². The molecule has 1 fully saturated rings. The van der Waals surface area contributed by atoms with Crippen LogP contribution in [-0.4, -0.2) is 52.6 Å². The lowest BCUT2D eigenvalue weighted by Crippen LogP contribution is -2.39. The van der Waals surface area contributed by atoms with Gasteiger partial charge in [-0.05, 0) is 13.0 Å². The van der Waals surface area contributed by atoms with Gasteiger partial charge in [0.15, 0.2) is 6.29 Å². The highest BCUT2D eigenvalue weighted by Gasteiger charge is 2.42. The molecule has 3 N–H and O–H groups in total. The average molecular weight is 228 g/mol. The molecule has 0 bridgehead atoms. The molecule has 0 aliphatic carbocycles. The molecular formula is C11H16O5. The van der Waals surface area contributed by atoms with E-state index in [2.05, 4.69) is 0 Å². The largest absolute Gasteiger partial charge is 0.392 e. The summed E-state index contributed by atoms with van der Waals surface area (Å²) in [7, 11) is 0. The number of hydrogen-bond donors (Lipinski definition) is 3. The molecule has 0 aromatic carbocycles. The van der Waals surface area contributed by atoms with E-state index in [1.165, 1.54) is 6.08 Å². The number of aliphatic hydroxyl groups excluding tert-OH is 3. The van der Waals surface area contributed by atoms with E-state index in [1.54, 1.807) is 19.1 Å². The molecule has 5 unspecified atom stereocenters. The molecule has 2 aliphatic rings. The predicted molar refractivity (Wildman–Crippen MR) is 55.5 cm³/mol. The Bertz CT molecular complexity index is 311. The Labute approximate surface area is 93.6 Å². The smallest absolute Gasteiger partial charge is 0.180 e. The standard InChI is InChI=1S/C11H16O5/c1-6-10-7(11(14)15-6)5-8(13)9(16-10)3-2-4-12/h2-3,5-6,8-14H,4H2,1H3. The van der Waals surface area contributed by atoms with Gasteiger partial charge >= 0.3 is 0 Å². The Morgan fingerprint density at radius 1 is 1.38 bits per heavy atom. The fourth-order valence-corrected chi connectivity index (χ4v) is 2.03. The van der Waals surface area contributed by atoms with Crippen molar-refractivity contribution in [2.45, 2.75) is 37.6 Å². The molecule has 2 rings (SSSR count). The number of ether oxygens (including phenoxy) is 2. The predicted octanol–water partition coefficient (Wildman–Crippen LogP) is -0.673. The summed E-state index contributed by atoms with van der Waals surface area (Å²) in [4.78, 5) is 0. The molecule has 1 saturated heterocycles. The van der Waals surface area contributed by atoms with Crippen LogP contribution in [0.3, 0.4) is 0 Å². The quantitative estimate of drug-likeness (QED) is 0.546. The van der Waals surface area contributed by atoms with Crippen LogP contribution >= 0.6 is 0 Å². The van der Waals surface area contributed by atoms with Gasteiger partial charge in [-0.2, -0.15) is 0 Å². The SMILES string of the molecule is CC1OC(O)C2=CC(O)C(C=CCO)OC21. The van der Waals surface area contributed by atoms with Crippen LogP contribution in [0.1, 0.15) is 6.92 Å². The number of aliphatic hydroxyl groups is 3. The maximum Gasteiger partial charge on any atom is 0.180 e. The van der Waals surface area contributed by atoms with Crippen molar-refractivity contribution >= 4 is 0 Å². The van der Waals surface area contributed by atoms with E-state index >= 15 is 0 Å². The third kappa shape index (κ3) is 2.05. The van der Waals surface area contributed by atoms with Crippen LogP contribution in [0.25, 0.3) is 0 Å². The molecule has 16 heavy (non-hydrogen) atoms. The molecule has 5 heteroatoms. The van der Waals surface area contributed by atoms with Crippen LogP contribution in [0, 0.1) is 0 Å². The van der Waals surface area contributed by atoms with Crippen molar-refractivity contribution in [2.24, 2.45) is 0 Å². The van der Waals surface area contributed by atoms with E-state index in [-0.39, 0.29) is 18.8 Å². The topological polar surface area (TPSA) is 79.2 Å². The van der Waals surface area contributed by atoms with E-state index in [0.29, 0.717) is 5.57 Å². The summed E-state index contributed by atoms with van der Waals surface area (Å²) in [5.41, 5.74) is 0.577. The minimum atomic E-state index is -0.988. The second-order valence-corrected chi connectivity index (χ2v) is 3.98. The summed E-state index contributed by atoms with van der Waals surface area (Å²) in [5, 5.41) is 27.9. The molecule has 90 valence electrons. The summed E-state index contributed by atoms with van der Waals surface area (Å²) in [6.45, 7) is 1.71. The Morgan fingerprint density at radius 2 is 2.12 bits per heavy atom. The van der Waals surface area contributed by atoms with Gasteiger partial charge in [-0.25, -0.2) is 0 Å². The summed E-state index contributed by atoms with van der Waals surface area (Å²) < 4.78 is 10.8. The minimum Gasteiger partial charge on any atom is -0.392 e. The van der Waals surface area contributed by atoms with Gasteiger partial charge < -0.3 is 24.8 Å². The molecule has 0 amide bonds. The van der Waals surface area contributed by atoms with Crippen molar-refractivity contribution in [1.29, 1.82) is 0 Å². The Hall–Kier alpha value is -0.720. The zero-order valence-corrected chi connectivity index (χ0v) is 8.98. The molecule has 0 radical (unpaired) electrons. The van der Waals surface area contributed by atoms with Crippen LogP contribution in [0.4, 0.5) is 0 Å². The van der Waals surface area contributed by atoms with Gasteiger partial charge in [0.1, 0.15) is 18.3 Å². The van der Waals surface area contributed by atoms with Crippen LogP contribution in [-0.2, 0) is 9.47 Å². The fraction of sp³-hybridized carbons (Fsp3) is 0.636. The lowest BCUT2D eigenvalue weighted by molar-refractivity contribution is -0.0950. The lowest BCUT2D eigenvalue weighted by atomic mass is 9.99. The summed E-state index contributed by atoms with van der Waals surface area (Å²) in [5.74, 6) is 0. The highest BCUT2D eigenvalue weighted by molar-refractivity contribution is 5.24. The highest BCUT2D eigenvalue weighted by Crippen LogP contribution is 2.33. The third-order valence-corrected chi connectivity index (χ3v) is 2.82. The summed E-state index contributed by atoms with van der Waals surface area (Å²) >= 11 is 0. The van der Waals surface area contributed by atoms with Gasteiger partial charge in [-0.3, -0.25) is 0 Å². The van der Waals surface area contributed by atoms with Gasteiger partial charge in [0.2, 0.25) is 0 Å². The van der Waals surface area contributed by atoms with Crippen LogP contribution in [0.5, 0.6) is 0 Å². The van der Waals surface area contributed by atoms with Crippen LogP contribution < -0.4 is 0 Å². The van der Waals surface area contributed by atoms with E-state index < -0.39 is 18.5 Å². The van der Waals surface area contributed by atoms with Crippen LogP contribution in [0.15, 0.2) is 23.8 Å². The van der Waals surface area contributed by atoms with Crippen molar-refractivity contribution in [3.63, 3.8) is 0 Å². The van der Waals surface area contributed by atoms with E-state index in [1.807, 2.05) is 0 Å². The average Bonchev–Trinajstić information content (AvgIpc) is 2.51. The van der Waals surface area contributed by atoms with E-state index in [9.17, 15) is 10.2 Å². The Morgan fingerprint density at radius 3 is 2.81 bits per heavy atom. The fourth-order valence-electron chi connectivity index (χ4n) is 2.03. The molecule has 2 heterocycles. The van der Waals surface area contributed by atoms with E-state index in [0.717, 1.165) is 0 Å². The first-order valence-electron chi connectivity index (χ1n) is 5.29. The van der Waals surface area contributed by atoms with Crippen molar-refractivity contribution in [1.82, 2.24) is 0 Å². The van der Waals surface area contributed by atoms with Gasteiger partial charge in [-0.15, -0.1) is 0 Å². The third-order valence-electron chi connectivity index (χ3n) is 2.82. The van der Waals surface area contributed by atoms with Gasteiger partial charge in [0.25, 0.3) is 0 Å². The molecule has 2 aliphatic heterocycles. The second kappa shape index (κ2) is 4.65.